The smallest absolute Gasteiger partial charge is 0.408 e. The Hall–Kier alpha value is -1.59. The summed E-state index contributed by atoms with van der Waals surface area (Å²) < 4.78 is 6.67. The summed E-state index contributed by atoms with van der Waals surface area (Å²) in [5.41, 5.74) is 8.50. The summed E-state index contributed by atoms with van der Waals surface area (Å²) in [7, 11) is 5.78. The van der Waals surface area contributed by atoms with Gasteiger partial charge in [-0.3, -0.25) is 4.57 Å². The molecule has 0 aliphatic carbocycles. The summed E-state index contributed by atoms with van der Waals surface area (Å²) in [5, 5.41) is 0. The molecule has 0 aliphatic heterocycles. The van der Waals surface area contributed by atoms with Gasteiger partial charge in [0.1, 0.15) is 0 Å². The van der Waals surface area contributed by atoms with Gasteiger partial charge in [0, 0.05) is 19.1 Å². The molecule has 5 nitrogen and oxygen atoms in total. The van der Waals surface area contributed by atoms with Gasteiger partial charge in [0.25, 0.3) is 0 Å². The molecule has 0 amide bonds. The van der Waals surface area contributed by atoms with Crippen LogP contribution in [-0.4, -0.2) is 29.6 Å². The molecule has 5 heteroatoms. The molecule has 2 rings (SSSR count). The number of fused-ring (bicyclic) bond motifs is 1. The Morgan fingerprint density at radius 1 is 1.42 bits per heavy atom. The predicted octanol–water partition coefficient (Wildman–Crippen LogP) is 1.47. The number of benzene rings is 1. The summed E-state index contributed by atoms with van der Waals surface area (Å²) in [6.45, 7) is 2.00. The van der Waals surface area contributed by atoms with Crippen molar-refractivity contribution in [3.63, 3.8) is 0 Å². The highest BCUT2D eigenvalue weighted by atomic mass is 16.4. The van der Waals surface area contributed by atoms with Crippen molar-refractivity contribution in [3.05, 3.63) is 34.3 Å². The van der Waals surface area contributed by atoms with E-state index < -0.39 is 0 Å². The summed E-state index contributed by atoms with van der Waals surface area (Å²) in [6.07, 6.45) is 0.865. The maximum Gasteiger partial charge on any atom is 0.419 e. The van der Waals surface area contributed by atoms with Crippen LogP contribution < -0.4 is 11.5 Å². The fraction of sp³-hybridized carbons (Fsp3) is 0.500. The third-order valence-electron chi connectivity index (χ3n) is 3.42. The molecule has 104 valence electrons. The molecule has 2 unspecified atom stereocenters. The van der Waals surface area contributed by atoms with Gasteiger partial charge in [-0.25, -0.2) is 4.79 Å². The average Bonchev–Trinajstić information content (AvgIpc) is 2.61. The van der Waals surface area contributed by atoms with Crippen molar-refractivity contribution in [2.45, 2.75) is 25.4 Å². The van der Waals surface area contributed by atoms with Gasteiger partial charge in [0.15, 0.2) is 5.58 Å². The summed E-state index contributed by atoms with van der Waals surface area (Å²) in [5.74, 6) is -0.333. The normalized spacial score (nSPS) is 15.1. The molecular formula is C14H21N3O2. The maximum atomic E-state index is 11.5. The largest absolute Gasteiger partial charge is 0.419 e. The van der Waals surface area contributed by atoms with E-state index in [1.807, 2.05) is 39.2 Å². The van der Waals surface area contributed by atoms with Crippen molar-refractivity contribution < 1.29 is 4.42 Å². The van der Waals surface area contributed by atoms with Crippen LogP contribution in [0.25, 0.3) is 11.1 Å². The quantitative estimate of drug-likeness (QED) is 0.907. The zero-order valence-corrected chi connectivity index (χ0v) is 11.9. The van der Waals surface area contributed by atoms with Crippen molar-refractivity contribution in [2.75, 3.05) is 14.1 Å². The predicted molar refractivity (Wildman–Crippen MR) is 76.1 cm³/mol. The molecular weight excluding hydrogens is 242 g/mol. The van der Waals surface area contributed by atoms with Gasteiger partial charge in [0.05, 0.1) is 5.52 Å². The molecule has 0 bridgehead atoms. The van der Waals surface area contributed by atoms with E-state index in [0.717, 1.165) is 17.5 Å². The molecule has 0 fully saturated rings. The van der Waals surface area contributed by atoms with Gasteiger partial charge in [-0.1, -0.05) is 6.07 Å². The fourth-order valence-corrected chi connectivity index (χ4v) is 2.35. The van der Waals surface area contributed by atoms with Crippen LogP contribution >= 0.6 is 0 Å². The Kier molecular flexibility index (Phi) is 3.78. The minimum Gasteiger partial charge on any atom is -0.408 e. The number of aromatic nitrogens is 1. The van der Waals surface area contributed by atoms with E-state index in [4.69, 9.17) is 10.2 Å². The van der Waals surface area contributed by atoms with E-state index in [0.29, 0.717) is 5.58 Å². The van der Waals surface area contributed by atoms with Crippen molar-refractivity contribution in [2.24, 2.45) is 12.8 Å². The minimum atomic E-state index is -0.333. The summed E-state index contributed by atoms with van der Waals surface area (Å²) in [4.78, 5) is 13.6. The Bertz CT molecular complexity index is 625. The highest BCUT2D eigenvalue weighted by molar-refractivity contribution is 5.73. The molecule has 0 spiro atoms. The first-order valence-corrected chi connectivity index (χ1v) is 6.41. The van der Waals surface area contributed by atoms with Gasteiger partial charge in [-0.2, -0.15) is 0 Å². The van der Waals surface area contributed by atoms with Crippen LogP contribution in [-0.2, 0) is 7.05 Å². The van der Waals surface area contributed by atoms with Gasteiger partial charge < -0.3 is 15.1 Å². The fourth-order valence-electron chi connectivity index (χ4n) is 2.35. The molecule has 1 heterocycles. The molecule has 1 aromatic carbocycles. The zero-order chi connectivity index (χ0) is 14.2. The monoisotopic (exact) mass is 263 g/mol. The standard InChI is InChI=1S/C14H21N3O2/c1-9(15)7-11(16(2)3)10-5-6-13-12(8-10)17(4)14(18)19-13/h5-6,8-9,11H,7,15H2,1-4H3. The molecule has 2 atom stereocenters. The second-order valence-electron chi connectivity index (χ2n) is 5.35. The Morgan fingerprint density at radius 2 is 2.11 bits per heavy atom. The number of hydrogen-bond donors (Lipinski definition) is 1. The maximum absolute atomic E-state index is 11.5. The number of nitrogens with two attached hydrogens (primary N) is 1. The number of oxazole rings is 1. The van der Waals surface area contributed by atoms with Crippen molar-refractivity contribution in [1.82, 2.24) is 9.47 Å². The summed E-state index contributed by atoms with van der Waals surface area (Å²) >= 11 is 0. The Morgan fingerprint density at radius 3 is 2.68 bits per heavy atom. The Labute approximate surface area is 112 Å². The van der Waals surface area contributed by atoms with Gasteiger partial charge in [0.2, 0.25) is 0 Å². The van der Waals surface area contributed by atoms with E-state index in [9.17, 15) is 4.79 Å². The van der Waals surface area contributed by atoms with E-state index in [1.165, 1.54) is 4.57 Å². The minimum absolute atomic E-state index is 0.122. The molecule has 0 radical (unpaired) electrons. The van der Waals surface area contributed by atoms with Crippen LogP contribution in [0.15, 0.2) is 27.4 Å². The first-order valence-electron chi connectivity index (χ1n) is 6.41. The van der Waals surface area contributed by atoms with Gasteiger partial charge in [-0.15, -0.1) is 0 Å². The van der Waals surface area contributed by atoms with Crippen LogP contribution in [0.3, 0.4) is 0 Å². The van der Waals surface area contributed by atoms with E-state index in [-0.39, 0.29) is 17.8 Å². The highest BCUT2D eigenvalue weighted by Gasteiger charge is 2.17. The van der Waals surface area contributed by atoms with Crippen LogP contribution in [0.1, 0.15) is 24.9 Å². The molecule has 0 aliphatic rings. The van der Waals surface area contributed by atoms with Crippen molar-refractivity contribution in [3.8, 4) is 0 Å². The third kappa shape index (κ3) is 2.72. The van der Waals surface area contributed by atoms with E-state index in [2.05, 4.69) is 4.90 Å². The second kappa shape index (κ2) is 5.19. The summed E-state index contributed by atoms with van der Waals surface area (Å²) in [6, 6.07) is 6.21. The van der Waals surface area contributed by atoms with Crippen LogP contribution in [0.5, 0.6) is 0 Å². The highest BCUT2D eigenvalue weighted by Crippen LogP contribution is 2.26. The van der Waals surface area contributed by atoms with Crippen molar-refractivity contribution in [1.29, 1.82) is 0 Å². The second-order valence-corrected chi connectivity index (χ2v) is 5.35. The van der Waals surface area contributed by atoms with Crippen LogP contribution in [0, 0.1) is 0 Å². The molecule has 2 aromatic rings. The van der Waals surface area contributed by atoms with E-state index >= 15 is 0 Å². The number of nitrogens with zero attached hydrogens (tertiary/aromatic N) is 2. The molecule has 19 heavy (non-hydrogen) atoms. The lowest BCUT2D eigenvalue weighted by Gasteiger charge is -2.26. The first-order chi connectivity index (χ1) is 8.90. The van der Waals surface area contributed by atoms with Gasteiger partial charge >= 0.3 is 5.76 Å². The third-order valence-corrected chi connectivity index (χ3v) is 3.42. The van der Waals surface area contributed by atoms with Crippen LogP contribution in [0.2, 0.25) is 0 Å². The Balaban J connectivity index is 2.48. The molecule has 1 aromatic heterocycles. The molecule has 0 saturated heterocycles. The SMILES string of the molecule is CC(N)CC(c1ccc2oc(=O)n(C)c2c1)N(C)C. The lowest BCUT2D eigenvalue weighted by atomic mass is 9.99. The lowest BCUT2D eigenvalue weighted by molar-refractivity contribution is 0.272. The first kappa shape index (κ1) is 13.8. The average molecular weight is 263 g/mol. The zero-order valence-electron chi connectivity index (χ0n) is 11.9. The molecule has 2 N–H and O–H groups in total. The van der Waals surface area contributed by atoms with E-state index in [1.54, 1.807) is 7.05 Å². The topological polar surface area (TPSA) is 64.4 Å². The lowest BCUT2D eigenvalue weighted by Crippen LogP contribution is -2.27. The molecule has 0 saturated carbocycles. The van der Waals surface area contributed by atoms with Crippen molar-refractivity contribution >= 4 is 11.1 Å². The van der Waals surface area contributed by atoms with Crippen LogP contribution in [0.4, 0.5) is 0 Å². The number of rotatable bonds is 4. The van der Waals surface area contributed by atoms with Gasteiger partial charge in [-0.05, 0) is 45.1 Å². The number of aryl methyl sites for hydroxylation is 1. The number of hydrogen-bond acceptors (Lipinski definition) is 4.